The summed E-state index contributed by atoms with van der Waals surface area (Å²) in [6, 6.07) is 4.36. The van der Waals surface area contributed by atoms with Crippen LogP contribution in [0, 0.1) is 11.6 Å². The quantitative estimate of drug-likeness (QED) is 0.677. The number of hydrazine groups is 1. The van der Waals surface area contributed by atoms with Gasteiger partial charge in [-0.3, -0.25) is 5.84 Å². The largest absolute Gasteiger partial charge is 0.466 e. The van der Waals surface area contributed by atoms with Gasteiger partial charge in [-0.05, 0) is 34.1 Å². The molecule has 0 amide bonds. The van der Waals surface area contributed by atoms with Crippen LogP contribution in [0.5, 0.6) is 0 Å². The summed E-state index contributed by atoms with van der Waals surface area (Å²) in [6.07, 6.45) is 1.41. The Hall–Kier alpha value is -1.24. The molecule has 0 aliphatic heterocycles. The zero-order chi connectivity index (χ0) is 12.4. The first-order chi connectivity index (χ1) is 8.15. The van der Waals surface area contributed by atoms with E-state index in [1.807, 2.05) is 0 Å². The minimum Gasteiger partial charge on any atom is -0.466 e. The molecule has 2 aromatic rings. The molecule has 1 unspecified atom stereocenters. The SMILES string of the molecule is NNC(c1occc1Br)c1c(F)cccc1F. The highest BCUT2D eigenvalue weighted by molar-refractivity contribution is 9.10. The van der Waals surface area contributed by atoms with E-state index in [9.17, 15) is 8.78 Å². The van der Waals surface area contributed by atoms with Crippen molar-refractivity contribution in [2.24, 2.45) is 5.84 Å². The Kier molecular flexibility index (Phi) is 3.56. The Morgan fingerprint density at radius 3 is 2.35 bits per heavy atom. The first-order valence-electron chi connectivity index (χ1n) is 4.78. The smallest absolute Gasteiger partial charge is 0.140 e. The molecule has 17 heavy (non-hydrogen) atoms. The van der Waals surface area contributed by atoms with Crippen LogP contribution in [-0.4, -0.2) is 0 Å². The molecule has 1 atom stereocenters. The van der Waals surface area contributed by atoms with Crippen LogP contribution in [-0.2, 0) is 0 Å². The lowest BCUT2D eigenvalue weighted by atomic mass is 10.0. The van der Waals surface area contributed by atoms with Gasteiger partial charge in [-0.25, -0.2) is 14.2 Å². The molecule has 2 rings (SSSR count). The Morgan fingerprint density at radius 1 is 1.24 bits per heavy atom. The minimum absolute atomic E-state index is 0.175. The number of furan rings is 1. The van der Waals surface area contributed by atoms with E-state index < -0.39 is 17.7 Å². The standard InChI is InChI=1S/C11H9BrF2N2O/c12-6-4-5-17-11(6)10(16-15)9-7(13)2-1-3-8(9)14/h1-5,10,16H,15H2. The van der Waals surface area contributed by atoms with Crippen LogP contribution in [0.25, 0.3) is 0 Å². The third-order valence-corrected chi connectivity index (χ3v) is 3.02. The van der Waals surface area contributed by atoms with Crippen molar-refractivity contribution in [1.29, 1.82) is 0 Å². The van der Waals surface area contributed by atoms with Crippen molar-refractivity contribution in [1.82, 2.24) is 5.43 Å². The van der Waals surface area contributed by atoms with Crippen LogP contribution in [0.15, 0.2) is 39.4 Å². The van der Waals surface area contributed by atoms with Crippen molar-refractivity contribution in [3.8, 4) is 0 Å². The van der Waals surface area contributed by atoms with E-state index in [0.29, 0.717) is 10.2 Å². The summed E-state index contributed by atoms with van der Waals surface area (Å²) in [6.45, 7) is 0. The molecule has 0 spiro atoms. The number of hydrogen-bond donors (Lipinski definition) is 2. The van der Waals surface area contributed by atoms with Gasteiger partial charge in [-0.2, -0.15) is 0 Å². The van der Waals surface area contributed by atoms with Gasteiger partial charge in [0.2, 0.25) is 0 Å². The summed E-state index contributed by atoms with van der Waals surface area (Å²) < 4.78 is 33.0. The molecule has 0 radical (unpaired) electrons. The Bertz CT molecular complexity index is 510. The molecule has 1 aromatic carbocycles. The zero-order valence-electron chi connectivity index (χ0n) is 8.58. The van der Waals surface area contributed by atoms with E-state index in [-0.39, 0.29) is 5.56 Å². The van der Waals surface area contributed by atoms with Gasteiger partial charge in [0.15, 0.2) is 0 Å². The van der Waals surface area contributed by atoms with Gasteiger partial charge < -0.3 is 4.42 Å². The molecule has 1 aromatic heterocycles. The maximum Gasteiger partial charge on any atom is 0.140 e. The van der Waals surface area contributed by atoms with E-state index in [1.165, 1.54) is 24.5 Å². The van der Waals surface area contributed by atoms with Gasteiger partial charge in [0.1, 0.15) is 23.4 Å². The number of benzene rings is 1. The Morgan fingerprint density at radius 2 is 1.88 bits per heavy atom. The van der Waals surface area contributed by atoms with E-state index in [4.69, 9.17) is 10.3 Å². The van der Waals surface area contributed by atoms with Crippen LogP contribution in [0.4, 0.5) is 8.78 Å². The predicted octanol–water partition coefficient (Wildman–Crippen LogP) is 2.87. The maximum absolute atomic E-state index is 13.6. The maximum atomic E-state index is 13.6. The molecule has 0 bridgehead atoms. The highest BCUT2D eigenvalue weighted by Crippen LogP contribution is 2.31. The lowest BCUT2D eigenvalue weighted by Crippen LogP contribution is -2.30. The summed E-state index contributed by atoms with van der Waals surface area (Å²) in [5.41, 5.74) is 2.16. The fourth-order valence-electron chi connectivity index (χ4n) is 1.59. The molecule has 0 saturated carbocycles. The molecule has 1 heterocycles. The van der Waals surface area contributed by atoms with Gasteiger partial charge >= 0.3 is 0 Å². The van der Waals surface area contributed by atoms with Crippen molar-refractivity contribution in [3.05, 3.63) is 58.0 Å². The normalized spacial score (nSPS) is 12.7. The zero-order valence-corrected chi connectivity index (χ0v) is 10.2. The topological polar surface area (TPSA) is 51.2 Å². The van der Waals surface area contributed by atoms with Crippen LogP contribution in [0.2, 0.25) is 0 Å². The molecule has 90 valence electrons. The van der Waals surface area contributed by atoms with Crippen LogP contribution in [0.3, 0.4) is 0 Å². The number of halogens is 3. The Labute approximate surface area is 105 Å². The third-order valence-electron chi connectivity index (χ3n) is 2.36. The van der Waals surface area contributed by atoms with Gasteiger partial charge in [0.05, 0.1) is 10.7 Å². The summed E-state index contributed by atoms with van der Waals surface area (Å²) in [4.78, 5) is 0. The lowest BCUT2D eigenvalue weighted by molar-refractivity contribution is 0.425. The molecule has 0 fully saturated rings. The number of rotatable bonds is 3. The van der Waals surface area contributed by atoms with Crippen molar-refractivity contribution in [2.45, 2.75) is 6.04 Å². The fourth-order valence-corrected chi connectivity index (χ4v) is 2.02. The van der Waals surface area contributed by atoms with Crippen molar-refractivity contribution in [3.63, 3.8) is 0 Å². The average molecular weight is 303 g/mol. The molecule has 3 N–H and O–H groups in total. The van der Waals surface area contributed by atoms with Gasteiger partial charge in [0.25, 0.3) is 0 Å². The summed E-state index contributed by atoms with van der Waals surface area (Å²) in [5, 5.41) is 0. The Balaban J connectivity index is 2.53. The van der Waals surface area contributed by atoms with E-state index in [1.54, 1.807) is 6.07 Å². The first-order valence-corrected chi connectivity index (χ1v) is 5.57. The van der Waals surface area contributed by atoms with Crippen molar-refractivity contribution < 1.29 is 13.2 Å². The summed E-state index contributed by atoms with van der Waals surface area (Å²) in [7, 11) is 0. The number of nitrogens with one attached hydrogen (secondary N) is 1. The molecule has 0 aliphatic carbocycles. The monoisotopic (exact) mass is 302 g/mol. The van der Waals surface area contributed by atoms with Gasteiger partial charge in [0, 0.05) is 5.56 Å². The second-order valence-corrected chi connectivity index (χ2v) is 4.22. The van der Waals surface area contributed by atoms with Crippen molar-refractivity contribution >= 4 is 15.9 Å². The van der Waals surface area contributed by atoms with Gasteiger partial charge in [-0.15, -0.1) is 0 Å². The molecule has 6 heteroatoms. The van der Waals surface area contributed by atoms with E-state index in [0.717, 1.165) is 0 Å². The molecule has 3 nitrogen and oxygen atoms in total. The molecular formula is C11H9BrF2N2O. The number of hydrogen-bond acceptors (Lipinski definition) is 3. The highest BCUT2D eigenvalue weighted by Gasteiger charge is 2.25. The second kappa shape index (κ2) is 4.95. The van der Waals surface area contributed by atoms with Gasteiger partial charge in [-0.1, -0.05) is 6.07 Å². The average Bonchev–Trinajstić information content (AvgIpc) is 2.70. The van der Waals surface area contributed by atoms with E-state index in [2.05, 4.69) is 21.4 Å². The van der Waals surface area contributed by atoms with Crippen LogP contribution in [0.1, 0.15) is 17.4 Å². The summed E-state index contributed by atoms with van der Waals surface area (Å²) >= 11 is 3.22. The predicted molar refractivity (Wildman–Crippen MR) is 61.9 cm³/mol. The highest BCUT2D eigenvalue weighted by atomic mass is 79.9. The molecule has 0 aliphatic rings. The number of nitrogens with two attached hydrogens (primary N) is 1. The first kappa shape index (κ1) is 12.2. The van der Waals surface area contributed by atoms with E-state index >= 15 is 0 Å². The van der Waals surface area contributed by atoms with Crippen LogP contribution < -0.4 is 11.3 Å². The fraction of sp³-hybridized carbons (Fsp3) is 0.0909. The molecular weight excluding hydrogens is 294 g/mol. The van der Waals surface area contributed by atoms with Crippen molar-refractivity contribution in [2.75, 3.05) is 0 Å². The lowest BCUT2D eigenvalue weighted by Gasteiger charge is -2.16. The minimum atomic E-state index is -0.888. The van der Waals surface area contributed by atoms with Crippen LogP contribution >= 0.6 is 15.9 Å². The molecule has 0 saturated heterocycles. The second-order valence-electron chi connectivity index (χ2n) is 3.37. The summed E-state index contributed by atoms with van der Waals surface area (Å²) in [5.74, 6) is 4.29. The third kappa shape index (κ3) is 2.24.